The number of amides is 1. The molecular weight excluding hydrogens is 532 g/mol. The van der Waals surface area contributed by atoms with Gasteiger partial charge in [-0.2, -0.15) is 5.21 Å². The van der Waals surface area contributed by atoms with E-state index in [1.54, 1.807) is 4.90 Å². The third-order valence-corrected chi connectivity index (χ3v) is 6.31. The molecule has 13 nitrogen and oxygen atoms in total. The molecule has 0 fully saturated rings. The van der Waals surface area contributed by atoms with Gasteiger partial charge in [0.1, 0.15) is 12.6 Å². The van der Waals surface area contributed by atoms with Gasteiger partial charge in [0, 0.05) is 18.5 Å². The molecule has 3 aromatic rings. The number of nitrogens with zero attached hydrogens (tertiary/aromatic N) is 5. The van der Waals surface area contributed by atoms with Gasteiger partial charge in [0.05, 0.1) is 25.2 Å². The van der Waals surface area contributed by atoms with E-state index < -0.39 is 17.4 Å². The molecule has 41 heavy (non-hydrogen) atoms. The van der Waals surface area contributed by atoms with Gasteiger partial charge in [-0.3, -0.25) is 15.2 Å². The Bertz CT molecular complexity index is 1200. The van der Waals surface area contributed by atoms with Crippen LogP contribution in [0, 0.1) is 5.92 Å². The van der Waals surface area contributed by atoms with Gasteiger partial charge in [-0.1, -0.05) is 75.7 Å². The number of ether oxygens (including phenoxy) is 2. The molecule has 1 atom stereocenters. The second kappa shape index (κ2) is 16.5. The first-order valence-electron chi connectivity index (χ1n) is 13.6. The zero-order valence-electron chi connectivity index (χ0n) is 23.6. The predicted molar refractivity (Wildman–Crippen MR) is 147 cm³/mol. The number of aromatic nitrogens is 4. The van der Waals surface area contributed by atoms with Crippen LogP contribution >= 0.6 is 0 Å². The Labute approximate surface area is 238 Å². The van der Waals surface area contributed by atoms with Gasteiger partial charge in [-0.05, 0) is 34.2 Å². The molecule has 0 saturated carbocycles. The largest absolute Gasteiger partial charge is 0.462 e. The van der Waals surface area contributed by atoms with Crippen LogP contribution in [-0.2, 0) is 30.4 Å². The Morgan fingerprint density at radius 1 is 0.976 bits per heavy atom. The number of benzene rings is 2. The Morgan fingerprint density at radius 2 is 1.68 bits per heavy atom. The molecule has 0 aliphatic heterocycles. The summed E-state index contributed by atoms with van der Waals surface area (Å²) in [5, 5.41) is 31.0. The van der Waals surface area contributed by atoms with E-state index in [0.29, 0.717) is 12.2 Å². The summed E-state index contributed by atoms with van der Waals surface area (Å²) in [4.78, 5) is 32.5. The number of nitrogens with one attached hydrogen (secondary N) is 1. The number of carbonyl (C=O) groups is 2. The quantitative estimate of drug-likeness (QED) is 0.123. The average Bonchev–Trinajstić information content (AvgIpc) is 3.50. The lowest BCUT2D eigenvalue weighted by molar-refractivity contribution is -0.493. The highest BCUT2D eigenvalue weighted by atomic mass is 17.1. The highest BCUT2D eigenvalue weighted by Crippen LogP contribution is 2.30. The second-order valence-electron chi connectivity index (χ2n) is 9.66. The van der Waals surface area contributed by atoms with Crippen molar-refractivity contribution in [2.24, 2.45) is 5.92 Å². The summed E-state index contributed by atoms with van der Waals surface area (Å²) in [7, 11) is 0. The monoisotopic (exact) mass is 570 g/mol. The fraction of sp³-hybridized carbons (Fsp3) is 0.464. The third-order valence-electron chi connectivity index (χ3n) is 6.31. The molecule has 1 aromatic heterocycles. The normalized spacial score (nSPS) is 12.1. The predicted octanol–water partition coefficient (Wildman–Crippen LogP) is 3.65. The summed E-state index contributed by atoms with van der Waals surface area (Å²) in [6.07, 6.45) is 1.91. The van der Waals surface area contributed by atoms with Gasteiger partial charge in [0.25, 0.3) is 0 Å². The van der Waals surface area contributed by atoms with Crippen molar-refractivity contribution in [2.75, 3.05) is 26.4 Å². The number of H-pyrrole nitrogens is 1. The summed E-state index contributed by atoms with van der Waals surface area (Å²) in [6, 6.07) is 14.8. The van der Waals surface area contributed by atoms with E-state index in [9.17, 15) is 9.59 Å². The Hall–Kier alpha value is -3.75. The van der Waals surface area contributed by atoms with Crippen molar-refractivity contribution in [1.82, 2.24) is 30.9 Å². The van der Waals surface area contributed by atoms with Crippen molar-refractivity contribution in [1.29, 1.82) is 0 Å². The van der Waals surface area contributed by atoms with Gasteiger partial charge in [0.15, 0.2) is 0 Å². The molecule has 0 spiro atoms. The smallest absolute Gasteiger partial charge is 0.329 e. The van der Waals surface area contributed by atoms with Crippen LogP contribution in [0.15, 0.2) is 48.5 Å². The molecule has 3 N–H and O–H groups in total. The maximum Gasteiger partial charge on any atom is 0.329 e. The third kappa shape index (κ3) is 9.69. The number of aromatic amines is 1. The molecule has 0 radical (unpaired) electrons. The fourth-order valence-electron chi connectivity index (χ4n) is 4.33. The van der Waals surface area contributed by atoms with E-state index >= 15 is 0 Å². The lowest BCUT2D eigenvalue weighted by atomic mass is 9.97. The first-order valence-corrected chi connectivity index (χ1v) is 13.6. The van der Waals surface area contributed by atoms with Crippen molar-refractivity contribution < 1.29 is 34.3 Å². The molecule has 222 valence electrons. The van der Waals surface area contributed by atoms with E-state index in [2.05, 4.69) is 25.5 Å². The highest BCUT2D eigenvalue weighted by molar-refractivity contribution is 5.85. The molecule has 3 rings (SSSR count). The minimum atomic E-state index is -0.779. The van der Waals surface area contributed by atoms with Crippen molar-refractivity contribution in [3.8, 4) is 22.5 Å². The lowest BCUT2D eigenvalue weighted by Crippen LogP contribution is -2.48. The van der Waals surface area contributed by atoms with Crippen LogP contribution in [0.25, 0.3) is 22.5 Å². The summed E-state index contributed by atoms with van der Waals surface area (Å²) in [5.41, 5.74) is 3.61. The number of carbonyl (C=O) groups excluding carboxylic acids is 2. The summed E-state index contributed by atoms with van der Waals surface area (Å²) >= 11 is 0. The van der Waals surface area contributed by atoms with E-state index in [1.807, 2.05) is 69.3 Å². The standard InChI is InChI=1S/C28H38N6O7/c1-4-5-10-25(35)33(26(20(2)3)28(36)40-17-15-39-16-18-41-34(37)38)19-21-11-13-22(14-12-21)23-8-6-7-9-24(23)27-29-31-32-30-27/h6-9,11-14,20,26,37-38H,4-5,10,15-19H2,1-3H3,(H,29,30,31,32)/t26-/m0/s1. The van der Waals surface area contributed by atoms with Crippen LogP contribution in [0.5, 0.6) is 0 Å². The molecule has 0 saturated heterocycles. The molecule has 2 aromatic carbocycles. The summed E-state index contributed by atoms with van der Waals surface area (Å²) in [6.45, 7) is 6.08. The van der Waals surface area contributed by atoms with Crippen LogP contribution < -0.4 is 0 Å². The summed E-state index contributed by atoms with van der Waals surface area (Å²) < 4.78 is 10.7. The number of unbranched alkanes of at least 4 members (excludes halogenated alkanes) is 1. The van der Waals surface area contributed by atoms with E-state index in [0.717, 1.165) is 35.1 Å². The molecule has 0 aliphatic carbocycles. The minimum Gasteiger partial charge on any atom is -0.462 e. The molecule has 1 amide bonds. The fourth-order valence-corrected chi connectivity index (χ4v) is 4.33. The summed E-state index contributed by atoms with van der Waals surface area (Å²) in [5.74, 6) is -0.313. The van der Waals surface area contributed by atoms with Crippen LogP contribution in [-0.4, -0.2) is 85.7 Å². The highest BCUT2D eigenvalue weighted by Gasteiger charge is 2.33. The van der Waals surface area contributed by atoms with Crippen LogP contribution in [0.1, 0.15) is 45.6 Å². The van der Waals surface area contributed by atoms with Crippen LogP contribution in [0.3, 0.4) is 0 Å². The first kappa shape index (κ1) is 31.8. The van der Waals surface area contributed by atoms with E-state index in [1.165, 1.54) is 0 Å². The van der Waals surface area contributed by atoms with Crippen LogP contribution in [0.4, 0.5) is 0 Å². The first-order chi connectivity index (χ1) is 19.8. The molecule has 1 heterocycles. The lowest BCUT2D eigenvalue weighted by Gasteiger charge is -2.33. The van der Waals surface area contributed by atoms with Gasteiger partial charge in [-0.15, -0.1) is 10.2 Å². The van der Waals surface area contributed by atoms with Gasteiger partial charge < -0.3 is 14.4 Å². The van der Waals surface area contributed by atoms with E-state index in [4.69, 9.17) is 19.9 Å². The number of hydrogen-bond acceptors (Lipinski definition) is 11. The number of esters is 1. The molecular formula is C28H38N6O7. The van der Waals surface area contributed by atoms with Crippen molar-refractivity contribution in [3.63, 3.8) is 0 Å². The molecule has 13 heteroatoms. The Morgan fingerprint density at radius 3 is 2.32 bits per heavy atom. The SMILES string of the molecule is CCCCC(=O)N(Cc1ccc(-c2ccccc2-c2nn[nH]n2)cc1)[C@H](C(=O)OCCOCCON(O)O)C(C)C. The Balaban J connectivity index is 1.72. The van der Waals surface area contributed by atoms with Crippen LogP contribution in [0.2, 0.25) is 0 Å². The van der Waals surface area contributed by atoms with Gasteiger partial charge in [0.2, 0.25) is 11.7 Å². The number of tetrazole rings is 1. The zero-order valence-corrected chi connectivity index (χ0v) is 23.6. The van der Waals surface area contributed by atoms with Gasteiger partial charge >= 0.3 is 5.97 Å². The van der Waals surface area contributed by atoms with E-state index in [-0.39, 0.29) is 44.8 Å². The molecule has 0 bridgehead atoms. The zero-order chi connectivity index (χ0) is 29.6. The van der Waals surface area contributed by atoms with Crippen molar-refractivity contribution in [2.45, 2.75) is 52.6 Å². The maximum absolute atomic E-state index is 13.3. The van der Waals surface area contributed by atoms with Crippen molar-refractivity contribution in [3.05, 3.63) is 54.1 Å². The number of hydrogen-bond donors (Lipinski definition) is 3. The maximum atomic E-state index is 13.3. The average molecular weight is 571 g/mol. The Kier molecular flexibility index (Phi) is 12.8. The minimum absolute atomic E-state index is 0.0184. The molecule has 0 unspecified atom stereocenters. The number of rotatable bonds is 17. The van der Waals surface area contributed by atoms with Gasteiger partial charge in [-0.25, -0.2) is 9.63 Å². The topological polar surface area (TPSA) is 163 Å². The van der Waals surface area contributed by atoms with Crippen molar-refractivity contribution >= 4 is 11.9 Å². The second-order valence-corrected chi connectivity index (χ2v) is 9.66. The molecule has 0 aliphatic rings.